The summed E-state index contributed by atoms with van der Waals surface area (Å²) in [6.07, 6.45) is 6.73. The maximum atomic E-state index is 5.11. The Morgan fingerprint density at radius 1 is 1.54 bits per heavy atom. The number of hydrogen-bond donors (Lipinski definition) is 0. The van der Waals surface area contributed by atoms with Crippen LogP contribution in [0, 0.1) is 0 Å². The topological polar surface area (TPSA) is 14.2 Å². The van der Waals surface area contributed by atoms with E-state index in [0.29, 0.717) is 6.04 Å². The second kappa shape index (κ2) is 5.07. The number of hydrogen-bond acceptors (Lipinski definition) is 1. The normalized spacial score (nSPS) is 13.2. The van der Waals surface area contributed by atoms with Gasteiger partial charge in [0, 0.05) is 19.5 Å². The van der Waals surface area contributed by atoms with E-state index in [-0.39, 0.29) is 0 Å². The highest BCUT2D eigenvalue weighted by atomic mass is 16.5. The lowest BCUT2D eigenvalue weighted by molar-refractivity contribution is 0.162. The van der Waals surface area contributed by atoms with E-state index in [0.717, 1.165) is 6.61 Å². The van der Waals surface area contributed by atoms with Gasteiger partial charge in [-0.1, -0.05) is 13.3 Å². The van der Waals surface area contributed by atoms with Crippen LogP contribution >= 0.6 is 0 Å². The molecule has 74 valence electrons. The third kappa shape index (κ3) is 2.88. The molecular weight excluding hydrogens is 162 g/mol. The molecule has 1 aromatic rings. The molecule has 0 spiro atoms. The average molecular weight is 181 g/mol. The fourth-order valence-electron chi connectivity index (χ4n) is 1.50. The van der Waals surface area contributed by atoms with Crippen LogP contribution in [0.1, 0.15) is 31.9 Å². The summed E-state index contributed by atoms with van der Waals surface area (Å²) in [6.45, 7) is 5.15. The molecule has 0 bridgehead atoms. The molecule has 2 nitrogen and oxygen atoms in total. The molecule has 1 rings (SSSR count). The molecule has 13 heavy (non-hydrogen) atoms. The zero-order chi connectivity index (χ0) is 9.68. The van der Waals surface area contributed by atoms with Gasteiger partial charge in [-0.25, -0.2) is 0 Å². The van der Waals surface area contributed by atoms with Crippen molar-refractivity contribution in [2.75, 3.05) is 13.7 Å². The number of methoxy groups -OCH3 is 1. The van der Waals surface area contributed by atoms with Gasteiger partial charge in [0.15, 0.2) is 0 Å². The molecule has 2 heteroatoms. The Labute approximate surface area is 80.5 Å². The Hall–Kier alpha value is -0.760. The van der Waals surface area contributed by atoms with Gasteiger partial charge in [0.1, 0.15) is 0 Å². The highest BCUT2D eigenvalue weighted by molar-refractivity contribution is 5.10. The Balaban J connectivity index is 2.56. The number of aryl methyl sites for hydroxylation is 1. The molecule has 1 atom stereocenters. The van der Waals surface area contributed by atoms with Gasteiger partial charge in [0.05, 0.1) is 12.6 Å². The maximum Gasteiger partial charge on any atom is 0.0667 e. The van der Waals surface area contributed by atoms with Crippen molar-refractivity contribution in [1.82, 2.24) is 4.57 Å². The Morgan fingerprint density at radius 3 is 2.92 bits per heavy atom. The SMILES string of the molecule is CCCc1ccn([C@H](C)COC)c1. The Kier molecular flexibility index (Phi) is 4.03. The predicted molar refractivity (Wildman–Crippen MR) is 55.0 cm³/mol. The van der Waals surface area contributed by atoms with Crippen molar-refractivity contribution in [3.05, 3.63) is 24.0 Å². The molecule has 0 unspecified atom stereocenters. The minimum atomic E-state index is 0.440. The summed E-state index contributed by atoms with van der Waals surface area (Å²) < 4.78 is 7.32. The minimum Gasteiger partial charge on any atom is -0.383 e. The van der Waals surface area contributed by atoms with E-state index in [1.54, 1.807) is 7.11 Å². The fraction of sp³-hybridized carbons (Fsp3) is 0.636. The van der Waals surface area contributed by atoms with Crippen molar-refractivity contribution in [1.29, 1.82) is 0 Å². The summed E-state index contributed by atoms with van der Waals surface area (Å²) in [5.41, 5.74) is 1.42. The second-order valence-corrected chi connectivity index (χ2v) is 3.52. The van der Waals surface area contributed by atoms with Crippen LogP contribution in [0.15, 0.2) is 18.5 Å². The molecule has 0 aliphatic carbocycles. The standard InChI is InChI=1S/C11H19NO/c1-4-5-11-6-7-12(8-11)10(2)9-13-3/h6-8,10H,4-5,9H2,1-3H3/t10-/m1/s1. The first-order chi connectivity index (χ1) is 6.27. The molecule has 0 amide bonds. The molecule has 0 N–H and O–H groups in total. The number of aromatic nitrogens is 1. The number of rotatable bonds is 5. The smallest absolute Gasteiger partial charge is 0.0667 e. The van der Waals surface area contributed by atoms with Crippen LogP contribution in [0.2, 0.25) is 0 Å². The summed E-state index contributed by atoms with van der Waals surface area (Å²) in [6, 6.07) is 2.63. The van der Waals surface area contributed by atoms with Gasteiger partial charge in [-0.3, -0.25) is 0 Å². The van der Waals surface area contributed by atoms with Gasteiger partial charge in [0.25, 0.3) is 0 Å². The number of ether oxygens (including phenoxy) is 1. The van der Waals surface area contributed by atoms with Gasteiger partial charge in [-0.2, -0.15) is 0 Å². The summed E-state index contributed by atoms with van der Waals surface area (Å²) in [4.78, 5) is 0. The van der Waals surface area contributed by atoms with Crippen LogP contribution in [0.4, 0.5) is 0 Å². The maximum absolute atomic E-state index is 5.11. The average Bonchev–Trinajstić information content (AvgIpc) is 2.54. The molecular formula is C11H19NO. The van der Waals surface area contributed by atoms with Crippen molar-refractivity contribution in [3.8, 4) is 0 Å². The zero-order valence-electron chi connectivity index (χ0n) is 8.79. The van der Waals surface area contributed by atoms with E-state index in [1.165, 1.54) is 18.4 Å². The molecule has 1 aromatic heterocycles. The van der Waals surface area contributed by atoms with Gasteiger partial charge < -0.3 is 9.30 Å². The lowest BCUT2D eigenvalue weighted by atomic mass is 10.2. The van der Waals surface area contributed by atoms with Crippen LogP contribution in [0.5, 0.6) is 0 Å². The van der Waals surface area contributed by atoms with Gasteiger partial charge >= 0.3 is 0 Å². The molecule has 0 aromatic carbocycles. The molecule has 0 aliphatic rings. The van der Waals surface area contributed by atoms with Crippen LogP contribution in [-0.2, 0) is 11.2 Å². The lowest BCUT2D eigenvalue weighted by Crippen LogP contribution is -2.08. The first-order valence-corrected chi connectivity index (χ1v) is 4.93. The van der Waals surface area contributed by atoms with Crippen LogP contribution in [-0.4, -0.2) is 18.3 Å². The van der Waals surface area contributed by atoms with Crippen molar-refractivity contribution < 1.29 is 4.74 Å². The van der Waals surface area contributed by atoms with E-state index < -0.39 is 0 Å². The van der Waals surface area contributed by atoms with Gasteiger partial charge in [0.2, 0.25) is 0 Å². The number of nitrogens with zero attached hydrogens (tertiary/aromatic N) is 1. The van der Waals surface area contributed by atoms with Crippen molar-refractivity contribution in [3.63, 3.8) is 0 Å². The Bertz CT molecular complexity index is 242. The first-order valence-electron chi connectivity index (χ1n) is 4.93. The fourth-order valence-corrected chi connectivity index (χ4v) is 1.50. The molecule has 0 fully saturated rings. The van der Waals surface area contributed by atoms with E-state index >= 15 is 0 Å². The quantitative estimate of drug-likeness (QED) is 0.681. The predicted octanol–water partition coefficient (Wildman–Crippen LogP) is 2.65. The lowest BCUT2D eigenvalue weighted by Gasteiger charge is -2.11. The van der Waals surface area contributed by atoms with Gasteiger partial charge in [-0.05, 0) is 25.0 Å². The van der Waals surface area contributed by atoms with Crippen molar-refractivity contribution in [2.45, 2.75) is 32.7 Å². The van der Waals surface area contributed by atoms with Gasteiger partial charge in [-0.15, -0.1) is 0 Å². The summed E-state index contributed by atoms with van der Waals surface area (Å²) >= 11 is 0. The van der Waals surface area contributed by atoms with E-state index in [2.05, 4.69) is 36.9 Å². The second-order valence-electron chi connectivity index (χ2n) is 3.52. The third-order valence-electron chi connectivity index (χ3n) is 2.23. The van der Waals surface area contributed by atoms with Crippen LogP contribution < -0.4 is 0 Å². The molecule has 0 saturated heterocycles. The monoisotopic (exact) mass is 181 g/mol. The molecule has 0 aliphatic heterocycles. The van der Waals surface area contributed by atoms with E-state index in [1.807, 2.05) is 0 Å². The first kappa shape index (κ1) is 10.3. The zero-order valence-corrected chi connectivity index (χ0v) is 8.79. The summed E-state index contributed by atoms with van der Waals surface area (Å²) in [7, 11) is 1.74. The highest BCUT2D eigenvalue weighted by Gasteiger charge is 2.03. The van der Waals surface area contributed by atoms with Crippen LogP contribution in [0.3, 0.4) is 0 Å². The van der Waals surface area contributed by atoms with Crippen molar-refractivity contribution >= 4 is 0 Å². The third-order valence-corrected chi connectivity index (χ3v) is 2.23. The Morgan fingerprint density at radius 2 is 2.31 bits per heavy atom. The summed E-state index contributed by atoms with van der Waals surface area (Å²) in [5.74, 6) is 0. The highest BCUT2D eigenvalue weighted by Crippen LogP contribution is 2.10. The van der Waals surface area contributed by atoms with E-state index in [9.17, 15) is 0 Å². The largest absolute Gasteiger partial charge is 0.383 e. The summed E-state index contributed by atoms with van der Waals surface area (Å²) in [5, 5.41) is 0. The molecule has 1 heterocycles. The van der Waals surface area contributed by atoms with E-state index in [4.69, 9.17) is 4.74 Å². The molecule has 0 saturated carbocycles. The minimum absolute atomic E-state index is 0.440. The molecule has 0 radical (unpaired) electrons. The van der Waals surface area contributed by atoms with Crippen LogP contribution in [0.25, 0.3) is 0 Å². The van der Waals surface area contributed by atoms with Crippen molar-refractivity contribution in [2.24, 2.45) is 0 Å².